The van der Waals surface area contributed by atoms with E-state index in [4.69, 9.17) is 0 Å². The summed E-state index contributed by atoms with van der Waals surface area (Å²) in [4.78, 5) is 0. The molecule has 0 bridgehead atoms. The minimum absolute atomic E-state index is 0. The maximum absolute atomic E-state index is 0. The third kappa shape index (κ3) is 142. The van der Waals surface area contributed by atoms with Crippen molar-refractivity contribution in [2.45, 2.75) is 0 Å². The highest BCUT2D eigenvalue weighted by Gasteiger charge is -0.364. The van der Waals surface area contributed by atoms with Crippen LogP contribution in [0.15, 0.2) is 0 Å². The van der Waals surface area contributed by atoms with Crippen molar-refractivity contribution in [2.24, 2.45) is 0 Å². The molecule has 0 aliphatic carbocycles. The van der Waals surface area contributed by atoms with Crippen molar-refractivity contribution in [1.29, 1.82) is 0 Å². The molecule has 0 atom stereocenters. The maximum atomic E-state index is 0. The summed E-state index contributed by atoms with van der Waals surface area (Å²) in [5, 5.41) is 0. The van der Waals surface area contributed by atoms with Gasteiger partial charge < -0.3 is 181 Å². The molecule has 0 aliphatic rings. The maximum Gasteiger partial charge on any atom is -0.369 e. The number of hydrogen-bond donors (Lipinski definition) is 6. The number of quaternary nitrogens is 6. The quantitative estimate of drug-likeness (QED) is 0.125. The van der Waals surface area contributed by atoms with Crippen molar-refractivity contribution in [1.82, 2.24) is 36.9 Å². The Labute approximate surface area is 177 Å². The predicted molar refractivity (Wildman–Crippen MR) is 35.9 cm³/mol. The Kier molecular flexibility index (Phi) is 3180. The van der Waals surface area contributed by atoms with Crippen molar-refractivity contribution in [3.8, 4) is 0 Å². The molecule has 0 aromatic heterocycles. The van der Waals surface area contributed by atoms with Crippen LogP contribution in [0, 0.1) is 0 Å². The molecule has 0 radical (unpaired) electrons. The lowest BCUT2D eigenvalue weighted by Crippen LogP contribution is -3.00. The Morgan fingerprint density at radius 1 is 0.167 bits per heavy atom. The summed E-state index contributed by atoms with van der Waals surface area (Å²) < 4.78 is 0. The second-order valence-corrected chi connectivity index (χ2v) is 0. The highest BCUT2D eigenvalue weighted by atomic mass is 127. The molecule has 0 amide bonds. The van der Waals surface area contributed by atoms with Gasteiger partial charge in [0.15, 0.2) is 0 Å². The topological polar surface area (TPSA) is 219 Å². The molecule has 0 aromatic rings. The number of hydrogen-bond acceptors (Lipinski definition) is 0. The molecular formula is H24I6N6. The van der Waals surface area contributed by atoms with Crippen molar-refractivity contribution in [3.05, 3.63) is 0 Å². The van der Waals surface area contributed by atoms with E-state index in [-0.39, 0.29) is 181 Å². The first-order valence-corrected chi connectivity index (χ1v) is 0. The SMILES string of the molecule is [I-].[I-].[I-].[I-].[I-].[I-].[NH4+].[NH4+].[NH4+].[NH4+].[NH4+].[NH4+]. The van der Waals surface area contributed by atoms with E-state index in [1.54, 1.807) is 0 Å². The number of halogens is 6. The van der Waals surface area contributed by atoms with E-state index in [1.807, 2.05) is 0 Å². The van der Waals surface area contributed by atoms with Crippen LogP contribution >= 0.6 is 0 Å². The fourth-order valence-corrected chi connectivity index (χ4v) is 0. The van der Waals surface area contributed by atoms with Gasteiger partial charge in [0.2, 0.25) is 0 Å². The highest BCUT2D eigenvalue weighted by molar-refractivity contribution is 2.14. The van der Waals surface area contributed by atoms with Gasteiger partial charge in [0.25, 0.3) is 0 Å². The van der Waals surface area contributed by atoms with E-state index in [9.17, 15) is 0 Å². The molecule has 0 aliphatic heterocycles. The summed E-state index contributed by atoms with van der Waals surface area (Å²) in [7, 11) is 0. The predicted octanol–water partition coefficient (Wildman–Crippen LogP) is -15.7. The highest BCUT2D eigenvalue weighted by Crippen LogP contribution is -0.476. The average Bonchev–Trinajstić information content (AvgIpc) is 0. The molecule has 0 saturated carbocycles. The Hall–Kier alpha value is 4.14. The van der Waals surface area contributed by atoms with Crippen molar-refractivity contribution < 1.29 is 144 Å². The third-order valence-electron chi connectivity index (χ3n) is 0. The van der Waals surface area contributed by atoms with Crippen LogP contribution in [0.4, 0.5) is 0 Å². The Morgan fingerprint density at radius 2 is 0.167 bits per heavy atom. The fourth-order valence-electron chi connectivity index (χ4n) is 0. The van der Waals surface area contributed by atoms with Crippen LogP contribution in [0.5, 0.6) is 0 Å². The van der Waals surface area contributed by atoms with Gasteiger partial charge in [0.05, 0.1) is 0 Å². The van der Waals surface area contributed by atoms with Crippen LogP contribution in [0.3, 0.4) is 0 Å². The van der Waals surface area contributed by atoms with Gasteiger partial charge in [-0.1, -0.05) is 0 Å². The standard InChI is InChI=1S/6HI.6H3N/h6*1H;6*1H3. The zero-order chi connectivity index (χ0) is 0. The van der Waals surface area contributed by atoms with Crippen LogP contribution in [0.2, 0.25) is 0 Å². The Balaban J connectivity index is 0. The lowest BCUT2D eigenvalue weighted by Gasteiger charge is -1.00. The molecule has 0 fully saturated rings. The van der Waals surface area contributed by atoms with E-state index >= 15 is 0 Å². The van der Waals surface area contributed by atoms with Crippen LogP contribution < -0.4 is 181 Å². The van der Waals surface area contributed by atoms with Gasteiger partial charge in [-0.2, -0.15) is 0 Å². The van der Waals surface area contributed by atoms with E-state index in [1.165, 1.54) is 0 Å². The van der Waals surface area contributed by atoms with E-state index in [0.717, 1.165) is 0 Å². The molecule has 0 heterocycles. The normalized spacial score (nSPS) is 0. The van der Waals surface area contributed by atoms with Gasteiger partial charge in [-0.3, -0.25) is 0 Å². The van der Waals surface area contributed by atoms with Crippen molar-refractivity contribution >= 4 is 0 Å². The smallest absolute Gasteiger partial charge is 0.369 e. The monoisotopic (exact) mass is 870 g/mol. The second-order valence-electron chi connectivity index (χ2n) is 0. The first-order valence-electron chi connectivity index (χ1n) is 0. The van der Waals surface area contributed by atoms with Gasteiger partial charge in [0.1, 0.15) is 0 Å². The summed E-state index contributed by atoms with van der Waals surface area (Å²) in [6, 6.07) is 0. The molecule has 0 saturated heterocycles. The Bertz CT molecular complexity index is 12.0. The van der Waals surface area contributed by atoms with Gasteiger partial charge in [-0.25, -0.2) is 0 Å². The van der Waals surface area contributed by atoms with Crippen LogP contribution in [0.25, 0.3) is 0 Å². The third-order valence-corrected chi connectivity index (χ3v) is 0. The van der Waals surface area contributed by atoms with Crippen molar-refractivity contribution in [2.75, 3.05) is 0 Å². The molecule has 12 heteroatoms. The molecule has 0 rings (SSSR count). The summed E-state index contributed by atoms with van der Waals surface area (Å²) in [6.07, 6.45) is 0. The molecule has 0 spiro atoms. The fraction of sp³-hybridized carbons (Fsp3) is 0. The molecule has 0 aromatic carbocycles. The van der Waals surface area contributed by atoms with E-state index in [2.05, 4.69) is 0 Å². The second kappa shape index (κ2) is 177. The molecule has 0 unspecified atom stereocenters. The first kappa shape index (κ1) is 216. The minimum Gasteiger partial charge on any atom is -1.00 e. The van der Waals surface area contributed by atoms with Gasteiger partial charge >= 0.3 is 0 Å². The lowest BCUT2D eigenvalue weighted by molar-refractivity contribution is -0.00100. The molecular weight excluding hydrogens is 845 g/mol. The Morgan fingerprint density at radius 3 is 0.167 bits per heavy atom. The molecule has 24 N–H and O–H groups in total. The summed E-state index contributed by atoms with van der Waals surface area (Å²) >= 11 is 0. The molecule has 96 valence electrons. The van der Waals surface area contributed by atoms with Gasteiger partial charge in [0, 0.05) is 0 Å². The average molecular weight is 870 g/mol. The zero-order valence-corrected chi connectivity index (χ0v) is 21.2. The molecule has 12 heavy (non-hydrogen) atoms. The first-order chi connectivity index (χ1) is 0. The van der Waals surface area contributed by atoms with Crippen molar-refractivity contribution in [3.63, 3.8) is 0 Å². The largest absolute Gasteiger partial charge is 1.00 e. The number of rotatable bonds is 0. The van der Waals surface area contributed by atoms with Crippen LogP contribution in [-0.2, 0) is 0 Å². The lowest BCUT2D eigenvalue weighted by atomic mass is 14.0. The van der Waals surface area contributed by atoms with Crippen LogP contribution in [-0.4, -0.2) is 0 Å². The molecule has 6 nitrogen and oxygen atoms in total. The summed E-state index contributed by atoms with van der Waals surface area (Å²) in [5.74, 6) is 0. The summed E-state index contributed by atoms with van der Waals surface area (Å²) in [5.41, 5.74) is 0. The van der Waals surface area contributed by atoms with E-state index in [0.29, 0.717) is 0 Å². The minimum atomic E-state index is 0. The van der Waals surface area contributed by atoms with Gasteiger partial charge in [-0.15, -0.1) is 0 Å². The van der Waals surface area contributed by atoms with E-state index < -0.39 is 0 Å². The van der Waals surface area contributed by atoms with Gasteiger partial charge in [-0.05, 0) is 0 Å². The summed E-state index contributed by atoms with van der Waals surface area (Å²) in [6.45, 7) is 0. The van der Waals surface area contributed by atoms with Crippen LogP contribution in [0.1, 0.15) is 0 Å². The zero-order valence-electron chi connectivity index (χ0n) is 8.27.